The number of carbonyl (C=O) groups excluding carboxylic acids is 1. The lowest BCUT2D eigenvalue weighted by molar-refractivity contribution is -0.114. The lowest BCUT2D eigenvalue weighted by atomic mass is 10.3. The summed E-state index contributed by atoms with van der Waals surface area (Å²) in [7, 11) is -2.22. The summed E-state index contributed by atoms with van der Waals surface area (Å²) in [5, 5.41) is 9.65. The fraction of sp³-hybridized carbons (Fsp3) is 0.286. The Morgan fingerprint density at radius 2 is 1.92 bits per heavy atom. The van der Waals surface area contributed by atoms with Crippen molar-refractivity contribution in [2.24, 2.45) is 7.05 Å². The maximum Gasteiger partial charge on any atom is 0.328 e. The molecule has 12 heteroatoms. The van der Waals surface area contributed by atoms with E-state index < -0.39 is 10.0 Å². The van der Waals surface area contributed by atoms with Crippen LogP contribution in [0.25, 0.3) is 11.0 Å². The SMILES string of the molecule is CC(=O)Nc1nnc(S(=O)(=O)NCCn2c(=O)n(C)c3ccccc32)s1. The fourth-order valence-electron chi connectivity index (χ4n) is 2.45. The van der Waals surface area contributed by atoms with Gasteiger partial charge in [0.1, 0.15) is 0 Å². The van der Waals surface area contributed by atoms with Gasteiger partial charge in [-0.05, 0) is 12.1 Å². The van der Waals surface area contributed by atoms with E-state index >= 15 is 0 Å². The molecule has 0 aliphatic rings. The first kappa shape index (κ1) is 18.2. The van der Waals surface area contributed by atoms with E-state index in [4.69, 9.17) is 0 Å². The summed E-state index contributed by atoms with van der Waals surface area (Å²) >= 11 is 0.747. The molecule has 0 spiro atoms. The molecule has 10 nitrogen and oxygen atoms in total. The molecule has 0 unspecified atom stereocenters. The van der Waals surface area contributed by atoms with Gasteiger partial charge in [-0.2, -0.15) is 0 Å². The number of carbonyl (C=O) groups is 1. The monoisotopic (exact) mass is 396 g/mol. The maximum absolute atomic E-state index is 12.3. The molecule has 26 heavy (non-hydrogen) atoms. The number of sulfonamides is 1. The molecule has 1 aromatic carbocycles. The van der Waals surface area contributed by atoms with Crippen LogP contribution < -0.4 is 15.7 Å². The quantitative estimate of drug-likeness (QED) is 0.570. The molecule has 2 aromatic heterocycles. The van der Waals surface area contributed by atoms with Crippen molar-refractivity contribution >= 4 is 43.4 Å². The van der Waals surface area contributed by atoms with Crippen molar-refractivity contribution < 1.29 is 13.2 Å². The van der Waals surface area contributed by atoms with Crippen LogP contribution in [0.3, 0.4) is 0 Å². The second-order valence-corrected chi connectivity index (χ2v) is 8.35. The van der Waals surface area contributed by atoms with Crippen molar-refractivity contribution in [3.8, 4) is 0 Å². The van der Waals surface area contributed by atoms with E-state index in [9.17, 15) is 18.0 Å². The summed E-state index contributed by atoms with van der Waals surface area (Å²) in [4.78, 5) is 23.3. The Balaban J connectivity index is 1.73. The number of fused-ring (bicyclic) bond motifs is 1. The predicted octanol–water partition coefficient (Wildman–Crippen LogP) is 0.128. The number of nitrogens with zero attached hydrogens (tertiary/aromatic N) is 4. The Labute approximate surface area is 152 Å². The number of imidazole rings is 1. The molecule has 138 valence electrons. The van der Waals surface area contributed by atoms with Crippen LogP contribution in [0.2, 0.25) is 0 Å². The van der Waals surface area contributed by atoms with Gasteiger partial charge in [0, 0.05) is 27.1 Å². The van der Waals surface area contributed by atoms with Crippen LogP contribution in [0, 0.1) is 0 Å². The van der Waals surface area contributed by atoms with E-state index in [1.807, 2.05) is 18.2 Å². The van der Waals surface area contributed by atoms with E-state index in [1.54, 1.807) is 13.1 Å². The molecule has 0 aliphatic heterocycles. The molecule has 2 heterocycles. The summed E-state index contributed by atoms with van der Waals surface area (Å²) in [6, 6.07) is 7.27. The minimum atomic E-state index is -3.88. The van der Waals surface area contributed by atoms with Crippen molar-refractivity contribution in [3.63, 3.8) is 0 Å². The number of rotatable bonds is 6. The van der Waals surface area contributed by atoms with Crippen molar-refractivity contribution in [1.82, 2.24) is 24.1 Å². The Bertz CT molecular complexity index is 1130. The Kier molecular flexibility index (Phi) is 4.89. The minimum Gasteiger partial charge on any atom is -0.301 e. The fourth-order valence-corrected chi connectivity index (χ4v) is 4.46. The standard InChI is InChI=1S/C14H16N6O4S2/c1-9(21)16-12-17-18-13(25-12)26(23,24)15-7-8-20-11-6-4-3-5-10(11)19(2)14(20)22/h3-6,15H,7-8H2,1-2H3,(H,16,17,21). The smallest absolute Gasteiger partial charge is 0.301 e. The van der Waals surface area contributed by atoms with Gasteiger partial charge in [0.05, 0.1) is 11.0 Å². The molecule has 0 fully saturated rings. The normalized spacial score (nSPS) is 11.8. The van der Waals surface area contributed by atoms with Gasteiger partial charge < -0.3 is 5.32 Å². The second-order valence-electron chi connectivity index (χ2n) is 5.43. The molecule has 0 saturated carbocycles. The molecule has 0 radical (unpaired) electrons. The van der Waals surface area contributed by atoms with Crippen molar-refractivity contribution in [2.75, 3.05) is 11.9 Å². The molecule has 0 saturated heterocycles. The molecule has 2 N–H and O–H groups in total. The van der Waals surface area contributed by atoms with Gasteiger partial charge in [-0.25, -0.2) is 17.9 Å². The molecule has 0 bridgehead atoms. The number of aryl methyl sites for hydroxylation is 1. The molecular formula is C14H16N6O4S2. The average molecular weight is 396 g/mol. The molecule has 3 rings (SSSR count). The Morgan fingerprint density at radius 1 is 1.23 bits per heavy atom. The zero-order valence-electron chi connectivity index (χ0n) is 14.0. The predicted molar refractivity (Wildman–Crippen MR) is 96.6 cm³/mol. The minimum absolute atomic E-state index is 0.00526. The first-order chi connectivity index (χ1) is 12.3. The lowest BCUT2D eigenvalue weighted by Crippen LogP contribution is -2.31. The summed E-state index contributed by atoms with van der Waals surface area (Å²) < 4.78 is 29.7. The van der Waals surface area contributed by atoms with E-state index in [1.165, 1.54) is 16.1 Å². The van der Waals surface area contributed by atoms with Gasteiger partial charge in [-0.15, -0.1) is 10.2 Å². The summed E-state index contributed by atoms with van der Waals surface area (Å²) in [6.07, 6.45) is 0. The summed E-state index contributed by atoms with van der Waals surface area (Å²) in [5.74, 6) is -0.367. The zero-order chi connectivity index (χ0) is 18.9. The highest BCUT2D eigenvalue weighted by atomic mass is 32.2. The van der Waals surface area contributed by atoms with E-state index in [0.717, 1.165) is 22.4 Å². The zero-order valence-corrected chi connectivity index (χ0v) is 15.6. The highest BCUT2D eigenvalue weighted by Gasteiger charge is 2.20. The van der Waals surface area contributed by atoms with Gasteiger partial charge in [0.25, 0.3) is 10.0 Å². The lowest BCUT2D eigenvalue weighted by Gasteiger charge is -2.05. The highest BCUT2D eigenvalue weighted by Crippen LogP contribution is 2.19. The third-order valence-corrected chi connectivity index (χ3v) is 6.27. The van der Waals surface area contributed by atoms with Crippen LogP contribution in [0.15, 0.2) is 33.4 Å². The number of hydrogen-bond acceptors (Lipinski definition) is 7. The second kappa shape index (κ2) is 6.97. The van der Waals surface area contributed by atoms with E-state index in [0.29, 0.717) is 0 Å². The molecule has 0 aliphatic carbocycles. The van der Waals surface area contributed by atoms with Crippen molar-refractivity contribution in [1.29, 1.82) is 0 Å². The number of hydrogen-bond donors (Lipinski definition) is 2. The first-order valence-electron chi connectivity index (χ1n) is 7.54. The maximum atomic E-state index is 12.3. The number of amides is 1. The van der Waals surface area contributed by atoms with Crippen molar-refractivity contribution in [3.05, 3.63) is 34.7 Å². The number of nitrogens with one attached hydrogen (secondary N) is 2. The van der Waals surface area contributed by atoms with Crippen molar-refractivity contribution in [2.45, 2.75) is 17.8 Å². The van der Waals surface area contributed by atoms with Crippen LogP contribution in [-0.4, -0.2) is 40.2 Å². The molecule has 0 atom stereocenters. The van der Waals surface area contributed by atoms with Crippen LogP contribution in [0.5, 0.6) is 0 Å². The third-order valence-electron chi connectivity index (χ3n) is 3.60. The van der Waals surface area contributed by atoms with Crippen LogP contribution in [0.1, 0.15) is 6.92 Å². The topological polar surface area (TPSA) is 128 Å². The van der Waals surface area contributed by atoms with Crippen LogP contribution in [-0.2, 0) is 28.4 Å². The largest absolute Gasteiger partial charge is 0.328 e. The Hall–Kier alpha value is -2.57. The first-order valence-corrected chi connectivity index (χ1v) is 9.84. The summed E-state index contributed by atoms with van der Waals surface area (Å²) in [6.45, 7) is 1.46. The highest BCUT2D eigenvalue weighted by molar-refractivity contribution is 7.91. The molecule has 1 amide bonds. The number of para-hydroxylation sites is 2. The van der Waals surface area contributed by atoms with Gasteiger partial charge >= 0.3 is 5.69 Å². The van der Waals surface area contributed by atoms with Gasteiger partial charge in [0.15, 0.2) is 0 Å². The summed E-state index contributed by atoms with van der Waals surface area (Å²) in [5.41, 5.74) is 1.27. The third kappa shape index (κ3) is 3.52. The van der Waals surface area contributed by atoms with Crippen LogP contribution in [0.4, 0.5) is 5.13 Å². The molecular weight excluding hydrogens is 380 g/mol. The van der Waals surface area contributed by atoms with Gasteiger partial charge in [-0.3, -0.25) is 13.9 Å². The Morgan fingerprint density at radius 3 is 2.62 bits per heavy atom. The van der Waals surface area contributed by atoms with Gasteiger partial charge in [-0.1, -0.05) is 23.5 Å². The average Bonchev–Trinajstić information content (AvgIpc) is 3.14. The molecule has 3 aromatic rings. The number of aromatic nitrogens is 4. The van der Waals surface area contributed by atoms with Crippen LogP contribution >= 0.6 is 11.3 Å². The number of benzene rings is 1. The van der Waals surface area contributed by atoms with E-state index in [2.05, 4.69) is 20.2 Å². The van der Waals surface area contributed by atoms with Gasteiger partial charge in [0.2, 0.25) is 15.4 Å². The number of anilines is 1. The van der Waals surface area contributed by atoms with E-state index in [-0.39, 0.29) is 34.2 Å².